The molecule has 6 heteroatoms. The summed E-state index contributed by atoms with van der Waals surface area (Å²) in [5, 5.41) is 4.92. The molecule has 3 rings (SSSR count). The molecule has 0 radical (unpaired) electrons. The van der Waals surface area contributed by atoms with Gasteiger partial charge in [0, 0.05) is 11.5 Å². The normalized spacial score (nSPS) is 10.8. The zero-order valence-electron chi connectivity index (χ0n) is 16.8. The summed E-state index contributed by atoms with van der Waals surface area (Å²) in [5.41, 5.74) is 4.98. The van der Waals surface area contributed by atoms with Crippen molar-refractivity contribution in [3.63, 3.8) is 0 Å². The first-order valence-electron chi connectivity index (χ1n) is 8.95. The van der Waals surface area contributed by atoms with Crippen molar-refractivity contribution in [2.75, 3.05) is 25.3 Å². The van der Waals surface area contributed by atoms with Crippen molar-refractivity contribution in [3.8, 4) is 11.5 Å². The summed E-state index contributed by atoms with van der Waals surface area (Å²) < 4.78 is 10.5. The number of nitrogens with one attached hydrogen (secondary N) is 1. The van der Waals surface area contributed by atoms with Crippen molar-refractivity contribution in [2.45, 2.75) is 25.8 Å². The summed E-state index contributed by atoms with van der Waals surface area (Å²) >= 11 is 1.43. The third-order valence-corrected chi connectivity index (χ3v) is 5.66. The number of carbonyl (C=O) groups excluding carboxylic acids is 1. The van der Waals surface area contributed by atoms with E-state index in [9.17, 15) is 4.79 Å². The fourth-order valence-corrected chi connectivity index (χ4v) is 3.78. The van der Waals surface area contributed by atoms with Gasteiger partial charge in [-0.15, -0.1) is 0 Å². The standard InChI is InChI=1S/C22H24N2O3S/c1-13-6-7-14(2)21-17(13)10-15(3)22(24-21)28-12-20(25)23-18-11-16(26-4)8-9-19(18)27-5/h6-11H,12H2,1-5H3,(H,23,25). The Morgan fingerprint density at radius 3 is 2.46 bits per heavy atom. The summed E-state index contributed by atoms with van der Waals surface area (Å²) in [6, 6.07) is 11.6. The van der Waals surface area contributed by atoms with Crippen LogP contribution in [0.3, 0.4) is 0 Å². The number of carbonyl (C=O) groups is 1. The molecule has 0 aliphatic carbocycles. The van der Waals surface area contributed by atoms with E-state index in [2.05, 4.69) is 37.4 Å². The van der Waals surface area contributed by atoms with Gasteiger partial charge in [0.25, 0.3) is 0 Å². The quantitative estimate of drug-likeness (QED) is 0.600. The van der Waals surface area contributed by atoms with Gasteiger partial charge in [0.1, 0.15) is 16.5 Å². The summed E-state index contributed by atoms with van der Waals surface area (Å²) in [6.07, 6.45) is 0. The molecule has 0 aliphatic rings. The van der Waals surface area contributed by atoms with Crippen molar-refractivity contribution in [2.24, 2.45) is 0 Å². The largest absolute Gasteiger partial charge is 0.497 e. The Balaban J connectivity index is 1.76. The highest BCUT2D eigenvalue weighted by Gasteiger charge is 2.13. The van der Waals surface area contributed by atoms with Gasteiger partial charge in [0.2, 0.25) is 5.91 Å². The van der Waals surface area contributed by atoms with E-state index >= 15 is 0 Å². The van der Waals surface area contributed by atoms with Crippen molar-refractivity contribution < 1.29 is 14.3 Å². The molecule has 1 aromatic heterocycles. The number of ether oxygens (including phenoxy) is 2. The molecular formula is C22H24N2O3S. The van der Waals surface area contributed by atoms with Gasteiger partial charge >= 0.3 is 0 Å². The topological polar surface area (TPSA) is 60.5 Å². The van der Waals surface area contributed by atoms with Gasteiger partial charge in [-0.25, -0.2) is 4.98 Å². The average Bonchev–Trinajstić information content (AvgIpc) is 2.69. The lowest BCUT2D eigenvalue weighted by atomic mass is 10.0. The number of amides is 1. The van der Waals surface area contributed by atoms with Gasteiger partial charge in [0.15, 0.2) is 0 Å². The van der Waals surface area contributed by atoms with Crippen LogP contribution in [0.4, 0.5) is 5.69 Å². The molecule has 0 bridgehead atoms. The summed E-state index contributed by atoms with van der Waals surface area (Å²) in [4.78, 5) is 17.3. The van der Waals surface area contributed by atoms with Crippen LogP contribution in [0.5, 0.6) is 11.5 Å². The Morgan fingerprint density at radius 2 is 1.75 bits per heavy atom. The minimum Gasteiger partial charge on any atom is -0.497 e. The van der Waals surface area contributed by atoms with E-state index in [1.54, 1.807) is 32.4 Å². The van der Waals surface area contributed by atoms with Crippen LogP contribution in [-0.2, 0) is 4.79 Å². The van der Waals surface area contributed by atoms with E-state index in [0.717, 1.165) is 27.1 Å². The van der Waals surface area contributed by atoms with Gasteiger partial charge in [0.05, 0.1) is 31.2 Å². The van der Waals surface area contributed by atoms with E-state index in [1.165, 1.54) is 17.3 Å². The predicted octanol–water partition coefficient (Wildman–Crippen LogP) is 4.91. The number of rotatable bonds is 6. The molecule has 3 aromatic rings. The highest BCUT2D eigenvalue weighted by Crippen LogP contribution is 2.30. The Bertz CT molecular complexity index is 1030. The second kappa shape index (κ2) is 8.52. The van der Waals surface area contributed by atoms with Crippen LogP contribution in [0, 0.1) is 20.8 Å². The number of thioether (sulfide) groups is 1. The molecule has 0 saturated heterocycles. The lowest BCUT2D eigenvalue weighted by Gasteiger charge is -2.13. The Labute approximate surface area is 169 Å². The molecule has 28 heavy (non-hydrogen) atoms. The van der Waals surface area contributed by atoms with E-state index in [1.807, 2.05) is 6.92 Å². The van der Waals surface area contributed by atoms with Gasteiger partial charge in [-0.05, 0) is 55.7 Å². The fourth-order valence-electron chi connectivity index (χ4n) is 2.99. The Hall–Kier alpha value is -2.73. The van der Waals surface area contributed by atoms with Gasteiger partial charge in [-0.1, -0.05) is 23.9 Å². The Morgan fingerprint density at radius 1 is 1.00 bits per heavy atom. The third-order valence-electron chi connectivity index (χ3n) is 4.57. The molecule has 0 atom stereocenters. The number of benzene rings is 2. The number of nitrogens with zero attached hydrogens (tertiary/aromatic N) is 1. The number of anilines is 1. The second-order valence-electron chi connectivity index (χ2n) is 6.61. The van der Waals surface area contributed by atoms with Crippen molar-refractivity contribution in [3.05, 3.63) is 53.1 Å². The lowest BCUT2D eigenvalue weighted by molar-refractivity contribution is -0.113. The average molecular weight is 397 g/mol. The summed E-state index contributed by atoms with van der Waals surface area (Å²) in [7, 11) is 3.15. The number of pyridine rings is 1. The Kier molecular flexibility index (Phi) is 6.09. The van der Waals surface area contributed by atoms with Crippen molar-refractivity contribution in [1.29, 1.82) is 0 Å². The molecule has 1 heterocycles. The molecule has 1 N–H and O–H groups in total. The van der Waals surface area contributed by atoms with Gasteiger partial charge in [-0.3, -0.25) is 4.79 Å². The van der Waals surface area contributed by atoms with Crippen LogP contribution in [0.25, 0.3) is 10.9 Å². The number of hydrogen-bond donors (Lipinski definition) is 1. The predicted molar refractivity (Wildman–Crippen MR) is 115 cm³/mol. The maximum atomic E-state index is 12.5. The van der Waals surface area contributed by atoms with Crippen LogP contribution < -0.4 is 14.8 Å². The second-order valence-corrected chi connectivity index (χ2v) is 7.57. The van der Waals surface area contributed by atoms with Crippen molar-refractivity contribution in [1.82, 2.24) is 4.98 Å². The lowest BCUT2D eigenvalue weighted by Crippen LogP contribution is -2.15. The molecule has 0 fully saturated rings. The molecule has 0 spiro atoms. The third kappa shape index (κ3) is 4.22. The molecule has 5 nitrogen and oxygen atoms in total. The molecule has 2 aromatic carbocycles. The minimum absolute atomic E-state index is 0.126. The van der Waals surface area contributed by atoms with Crippen LogP contribution in [0.1, 0.15) is 16.7 Å². The number of fused-ring (bicyclic) bond motifs is 1. The summed E-state index contributed by atoms with van der Waals surface area (Å²) in [5.74, 6) is 1.37. The van der Waals surface area contributed by atoms with Crippen LogP contribution in [0.2, 0.25) is 0 Å². The van der Waals surface area contributed by atoms with E-state index in [-0.39, 0.29) is 11.7 Å². The number of aromatic nitrogens is 1. The first-order valence-corrected chi connectivity index (χ1v) is 9.93. The first-order chi connectivity index (χ1) is 13.4. The monoisotopic (exact) mass is 396 g/mol. The molecule has 0 aliphatic heterocycles. The summed E-state index contributed by atoms with van der Waals surface area (Å²) in [6.45, 7) is 6.17. The molecule has 146 valence electrons. The zero-order chi connectivity index (χ0) is 20.3. The van der Waals surface area contributed by atoms with E-state index in [0.29, 0.717) is 17.2 Å². The SMILES string of the molecule is COc1ccc(OC)c(NC(=O)CSc2nc3c(C)ccc(C)c3cc2C)c1. The molecule has 0 saturated carbocycles. The highest BCUT2D eigenvalue weighted by atomic mass is 32.2. The molecule has 0 unspecified atom stereocenters. The van der Waals surface area contributed by atoms with Crippen LogP contribution in [-0.4, -0.2) is 30.9 Å². The van der Waals surface area contributed by atoms with Gasteiger partial charge in [-0.2, -0.15) is 0 Å². The maximum Gasteiger partial charge on any atom is 0.234 e. The number of methoxy groups -OCH3 is 2. The van der Waals surface area contributed by atoms with Crippen molar-refractivity contribution >= 4 is 34.3 Å². The van der Waals surface area contributed by atoms with E-state index in [4.69, 9.17) is 14.5 Å². The smallest absolute Gasteiger partial charge is 0.234 e. The number of hydrogen-bond acceptors (Lipinski definition) is 5. The maximum absolute atomic E-state index is 12.5. The highest BCUT2D eigenvalue weighted by molar-refractivity contribution is 8.00. The van der Waals surface area contributed by atoms with Gasteiger partial charge < -0.3 is 14.8 Å². The molecule has 1 amide bonds. The van der Waals surface area contributed by atoms with Crippen LogP contribution in [0.15, 0.2) is 41.4 Å². The zero-order valence-corrected chi connectivity index (χ0v) is 17.6. The fraction of sp³-hybridized carbons (Fsp3) is 0.273. The molecular weight excluding hydrogens is 372 g/mol. The number of aryl methyl sites for hydroxylation is 3. The first kappa shape index (κ1) is 20.0. The minimum atomic E-state index is -0.126. The van der Waals surface area contributed by atoms with Crippen LogP contribution >= 0.6 is 11.8 Å². The van der Waals surface area contributed by atoms with E-state index < -0.39 is 0 Å².